The normalized spacial score (nSPS) is 17.3. The molecular formula is C21H20FN5. The summed E-state index contributed by atoms with van der Waals surface area (Å²) in [5.74, 6) is 1.39. The average Bonchev–Trinajstić information content (AvgIpc) is 3.28. The Morgan fingerprint density at radius 2 is 2.11 bits per heavy atom. The fraction of sp³-hybridized carbons (Fsp3) is 0.286. The van der Waals surface area contributed by atoms with Gasteiger partial charge in [-0.2, -0.15) is 0 Å². The highest BCUT2D eigenvalue weighted by Crippen LogP contribution is 2.24. The van der Waals surface area contributed by atoms with Gasteiger partial charge in [-0.1, -0.05) is 13.0 Å². The van der Waals surface area contributed by atoms with Gasteiger partial charge in [0.2, 0.25) is 0 Å². The lowest BCUT2D eigenvalue weighted by molar-refractivity contribution is 0.614. The summed E-state index contributed by atoms with van der Waals surface area (Å²) in [7, 11) is 0. The van der Waals surface area contributed by atoms with Gasteiger partial charge in [-0.15, -0.1) is 5.10 Å². The second kappa shape index (κ2) is 6.30. The summed E-state index contributed by atoms with van der Waals surface area (Å²) >= 11 is 0. The maximum atomic E-state index is 14.6. The maximum Gasteiger partial charge on any atom is 0.153 e. The van der Waals surface area contributed by atoms with Crippen molar-refractivity contribution in [2.24, 2.45) is 5.92 Å². The third-order valence-electron chi connectivity index (χ3n) is 5.31. The largest absolute Gasteiger partial charge is 0.355 e. The van der Waals surface area contributed by atoms with Crippen LogP contribution < -0.4 is 4.90 Å². The topological polar surface area (TPSA) is 46.3 Å². The van der Waals surface area contributed by atoms with Crippen LogP contribution in [0.4, 0.5) is 10.2 Å². The zero-order valence-corrected chi connectivity index (χ0v) is 15.1. The van der Waals surface area contributed by atoms with E-state index >= 15 is 0 Å². The molecule has 0 N–H and O–H groups in total. The number of benzene rings is 1. The molecule has 1 aliphatic rings. The molecule has 4 heterocycles. The second-order valence-electron chi connectivity index (χ2n) is 7.37. The van der Waals surface area contributed by atoms with E-state index in [0.717, 1.165) is 35.6 Å². The molecular weight excluding hydrogens is 341 g/mol. The number of hydrogen-bond acceptors (Lipinski definition) is 4. The molecule has 1 unspecified atom stereocenters. The van der Waals surface area contributed by atoms with Crippen LogP contribution in [-0.4, -0.2) is 32.7 Å². The molecule has 0 spiro atoms. The average molecular weight is 361 g/mol. The lowest BCUT2D eigenvalue weighted by Crippen LogP contribution is -2.21. The highest BCUT2D eigenvalue weighted by molar-refractivity contribution is 5.79. The number of nitrogens with zero attached hydrogens (tertiary/aromatic N) is 5. The predicted octanol–water partition coefficient (Wildman–Crippen LogP) is 3.85. The van der Waals surface area contributed by atoms with Crippen LogP contribution >= 0.6 is 0 Å². The Labute approximate surface area is 156 Å². The third-order valence-corrected chi connectivity index (χ3v) is 5.31. The van der Waals surface area contributed by atoms with Crippen molar-refractivity contribution in [3.8, 4) is 0 Å². The monoisotopic (exact) mass is 361 g/mol. The Morgan fingerprint density at radius 1 is 1.19 bits per heavy atom. The van der Waals surface area contributed by atoms with E-state index in [-0.39, 0.29) is 5.82 Å². The van der Waals surface area contributed by atoms with Crippen LogP contribution in [0.15, 0.2) is 48.8 Å². The molecule has 0 saturated carbocycles. The number of fused-ring (bicyclic) bond motifs is 2. The number of anilines is 1. The Kier molecular flexibility index (Phi) is 3.77. The third kappa shape index (κ3) is 2.91. The zero-order valence-electron chi connectivity index (χ0n) is 15.1. The van der Waals surface area contributed by atoms with Crippen molar-refractivity contribution in [3.63, 3.8) is 0 Å². The van der Waals surface area contributed by atoms with Gasteiger partial charge in [-0.25, -0.2) is 13.9 Å². The number of imidazole rings is 1. The molecule has 5 rings (SSSR count). The van der Waals surface area contributed by atoms with Crippen LogP contribution in [0.5, 0.6) is 0 Å². The molecule has 0 amide bonds. The van der Waals surface area contributed by atoms with E-state index in [4.69, 9.17) is 5.10 Å². The summed E-state index contributed by atoms with van der Waals surface area (Å²) in [5, 5.41) is 5.72. The first-order valence-electron chi connectivity index (χ1n) is 9.29. The minimum atomic E-state index is -0.249. The van der Waals surface area contributed by atoms with Gasteiger partial charge in [-0.05, 0) is 42.2 Å². The lowest BCUT2D eigenvalue weighted by atomic mass is 10.1. The van der Waals surface area contributed by atoms with Crippen molar-refractivity contribution in [2.75, 3.05) is 18.0 Å². The SMILES string of the molecule is CC1CCN(c2ccc3ncc(Cc4cc5cccnc5cc4F)n3n2)C1. The van der Waals surface area contributed by atoms with Crippen LogP contribution in [0.3, 0.4) is 0 Å². The van der Waals surface area contributed by atoms with Crippen LogP contribution in [0, 0.1) is 11.7 Å². The van der Waals surface area contributed by atoms with Crippen LogP contribution in [0.2, 0.25) is 0 Å². The molecule has 0 radical (unpaired) electrons. The van der Waals surface area contributed by atoms with Gasteiger partial charge in [-0.3, -0.25) is 4.98 Å². The first-order valence-corrected chi connectivity index (χ1v) is 9.29. The molecule has 27 heavy (non-hydrogen) atoms. The van der Waals surface area contributed by atoms with Crippen molar-refractivity contribution in [2.45, 2.75) is 19.8 Å². The van der Waals surface area contributed by atoms with E-state index in [1.54, 1.807) is 12.4 Å². The van der Waals surface area contributed by atoms with Crippen molar-refractivity contribution in [1.29, 1.82) is 0 Å². The smallest absolute Gasteiger partial charge is 0.153 e. The fourth-order valence-corrected chi connectivity index (χ4v) is 3.82. The van der Waals surface area contributed by atoms with Gasteiger partial charge in [0.15, 0.2) is 5.65 Å². The highest BCUT2D eigenvalue weighted by atomic mass is 19.1. The lowest BCUT2D eigenvalue weighted by Gasteiger charge is -2.17. The zero-order chi connectivity index (χ0) is 18.4. The molecule has 1 aromatic carbocycles. The predicted molar refractivity (Wildman–Crippen MR) is 103 cm³/mol. The number of aromatic nitrogens is 4. The van der Waals surface area contributed by atoms with E-state index in [2.05, 4.69) is 21.8 Å². The van der Waals surface area contributed by atoms with Gasteiger partial charge in [0.1, 0.15) is 11.6 Å². The van der Waals surface area contributed by atoms with E-state index < -0.39 is 0 Å². The first-order chi connectivity index (χ1) is 13.2. The Hall–Kier alpha value is -3.02. The molecule has 5 nitrogen and oxygen atoms in total. The summed E-state index contributed by atoms with van der Waals surface area (Å²) in [4.78, 5) is 11.0. The first kappa shape index (κ1) is 16.2. The standard InChI is InChI=1S/C21H20FN5/c1-14-6-8-26(13-14)21-5-4-20-24-12-17(27(20)25-21)10-16-9-15-3-2-7-23-19(15)11-18(16)22/h2-5,7,9,11-12,14H,6,8,10,13H2,1H3. The molecule has 0 aliphatic carbocycles. The molecule has 1 saturated heterocycles. The quantitative estimate of drug-likeness (QED) is 0.556. The van der Waals surface area contributed by atoms with Gasteiger partial charge < -0.3 is 4.90 Å². The van der Waals surface area contributed by atoms with E-state index in [9.17, 15) is 4.39 Å². The van der Waals surface area contributed by atoms with E-state index in [0.29, 0.717) is 23.4 Å². The van der Waals surface area contributed by atoms with Gasteiger partial charge in [0.05, 0.1) is 17.4 Å². The Morgan fingerprint density at radius 3 is 2.96 bits per heavy atom. The summed E-state index contributed by atoms with van der Waals surface area (Å²) in [6, 6.07) is 11.2. The Bertz CT molecular complexity index is 1140. The highest BCUT2D eigenvalue weighted by Gasteiger charge is 2.20. The maximum absolute atomic E-state index is 14.6. The summed E-state index contributed by atoms with van der Waals surface area (Å²) in [6.07, 6.45) is 5.08. The van der Waals surface area contributed by atoms with Crippen molar-refractivity contribution in [3.05, 3.63) is 65.9 Å². The van der Waals surface area contributed by atoms with Gasteiger partial charge >= 0.3 is 0 Å². The molecule has 4 aromatic rings. The van der Waals surface area contributed by atoms with Crippen LogP contribution in [0.1, 0.15) is 24.6 Å². The molecule has 3 aromatic heterocycles. The molecule has 1 atom stereocenters. The van der Waals surface area contributed by atoms with E-state index in [1.165, 1.54) is 12.5 Å². The van der Waals surface area contributed by atoms with Crippen LogP contribution in [-0.2, 0) is 6.42 Å². The summed E-state index contributed by atoms with van der Waals surface area (Å²) in [6.45, 7) is 4.31. The van der Waals surface area contributed by atoms with Crippen molar-refractivity contribution >= 4 is 22.4 Å². The van der Waals surface area contributed by atoms with Gasteiger partial charge in [0, 0.05) is 37.2 Å². The molecule has 136 valence electrons. The number of pyridine rings is 1. The molecule has 1 aliphatic heterocycles. The van der Waals surface area contributed by atoms with Crippen molar-refractivity contribution in [1.82, 2.24) is 19.6 Å². The number of rotatable bonds is 3. The Balaban J connectivity index is 1.52. The molecule has 6 heteroatoms. The van der Waals surface area contributed by atoms with Gasteiger partial charge in [0.25, 0.3) is 0 Å². The second-order valence-corrected chi connectivity index (χ2v) is 7.37. The number of hydrogen-bond donors (Lipinski definition) is 0. The fourth-order valence-electron chi connectivity index (χ4n) is 3.82. The van der Waals surface area contributed by atoms with Crippen molar-refractivity contribution < 1.29 is 4.39 Å². The minimum Gasteiger partial charge on any atom is -0.355 e. The minimum absolute atomic E-state index is 0.249. The van der Waals surface area contributed by atoms with Crippen LogP contribution in [0.25, 0.3) is 16.6 Å². The summed E-state index contributed by atoms with van der Waals surface area (Å²) in [5.41, 5.74) is 2.95. The van der Waals surface area contributed by atoms with E-state index in [1.807, 2.05) is 34.8 Å². The summed E-state index contributed by atoms with van der Waals surface area (Å²) < 4.78 is 16.4. The molecule has 1 fully saturated rings. The number of halogens is 1. The molecule has 0 bridgehead atoms.